The van der Waals surface area contributed by atoms with Crippen molar-refractivity contribution in [2.75, 3.05) is 6.54 Å². The van der Waals surface area contributed by atoms with Gasteiger partial charge in [-0.05, 0) is 40.8 Å². The van der Waals surface area contributed by atoms with Gasteiger partial charge in [-0.25, -0.2) is 0 Å². The van der Waals surface area contributed by atoms with Crippen LogP contribution in [0.15, 0.2) is 4.47 Å². The van der Waals surface area contributed by atoms with Crippen LogP contribution in [0.5, 0.6) is 0 Å². The van der Waals surface area contributed by atoms with Crippen LogP contribution in [0.1, 0.15) is 27.8 Å². The molecule has 1 aliphatic carbocycles. The molecule has 72 valence electrons. The fourth-order valence-corrected chi connectivity index (χ4v) is 4.07. The Hall–Kier alpha value is 0.100. The molecule has 2 rings (SSSR count). The van der Waals surface area contributed by atoms with Gasteiger partial charge in [0, 0.05) is 20.8 Å². The highest BCUT2D eigenvalue weighted by molar-refractivity contribution is 9.10. The summed E-state index contributed by atoms with van der Waals surface area (Å²) in [6.45, 7) is 0.304. The van der Waals surface area contributed by atoms with E-state index in [0.717, 1.165) is 22.2 Å². The Morgan fingerprint density at radius 2 is 2.31 bits per heavy atom. The second-order valence-corrected chi connectivity index (χ2v) is 5.22. The third-order valence-corrected chi connectivity index (χ3v) is 4.97. The molecule has 3 N–H and O–H groups in total. The number of hydrogen-bond donors (Lipinski definition) is 2. The van der Waals surface area contributed by atoms with Crippen LogP contribution in [0.4, 0.5) is 0 Å². The van der Waals surface area contributed by atoms with E-state index in [4.69, 9.17) is 5.73 Å². The third-order valence-electron chi connectivity index (χ3n) is 2.41. The molecule has 0 bridgehead atoms. The highest BCUT2D eigenvalue weighted by Crippen LogP contribution is 2.41. The van der Waals surface area contributed by atoms with E-state index in [9.17, 15) is 5.11 Å². The smallest absolute Gasteiger partial charge is 0.101 e. The quantitative estimate of drug-likeness (QED) is 0.856. The number of hydrogen-bond acceptors (Lipinski definition) is 3. The number of aliphatic hydroxyl groups is 1. The number of halogens is 1. The van der Waals surface area contributed by atoms with Crippen molar-refractivity contribution in [2.24, 2.45) is 5.73 Å². The minimum atomic E-state index is -0.495. The van der Waals surface area contributed by atoms with Gasteiger partial charge in [0.05, 0.1) is 0 Å². The number of aryl methyl sites for hydroxylation is 1. The van der Waals surface area contributed by atoms with Crippen molar-refractivity contribution in [2.45, 2.75) is 25.4 Å². The summed E-state index contributed by atoms with van der Waals surface area (Å²) in [6, 6.07) is 0. The summed E-state index contributed by atoms with van der Waals surface area (Å²) in [6.07, 6.45) is 3.06. The molecule has 1 unspecified atom stereocenters. The van der Waals surface area contributed by atoms with Crippen molar-refractivity contribution < 1.29 is 5.11 Å². The minimum absolute atomic E-state index is 0.304. The summed E-state index contributed by atoms with van der Waals surface area (Å²) in [5, 5.41) is 9.62. The Morgan fingerprint density at radius 3 is 2.92 bits per heavy atom. The molecule has 0 saturated heterocycles. The minimum Gasteiger partial charge on any atom is -0.386 e. The maximum Gasteiger partial charge on any atom is 0.101 e. The van der Waals surface area contributed by atoms with E-state index >= 15 is 0 Å². The molecule has 0 saturated carbocycles. The molecule has 1 atom stereocenters. The lowest BCUT2D eigenvalue weighted by atomic mass is 10.2. The summed E-state index contributed by atoms with van der Waals surface area (Å²) >= 11 is 5.24. The summed E-state index contributed by atoms with van der Waals surface area (Å²) in [4.78, 5) is 2.43. The topological polar surface area (TPSA) is 46.2 Å². The number of aliphatic hydroxyl groups excluding tert-OH is 1. The van der Waals surface area contributed by atoms with Crippen molar-refractivity contribution >= 4 is 27.3 Å². The van der Waals surface area contributed by atoms with Gasteiger partial charge in [0.25, 0.3) is 0 Å². The normalized spacial score (nSPS) is 17.5. The molecular formula is C9H12BrNOS. The molecule has 1 aromatic rings. The molecular weight excluding hydrogens is 250 g/mol. The first kappa shape index (κ1) is 9.65. The Kier molecular flexibility index (Phi) is 2.74. The van der Waals surface area contributed by atoms with Gasteiger partial charge in [-0.1, -0.05) is 0 Å². The predicted octanol–water partition coefficient (Wildman–Crippen LogP) is 1.99. The summed E-state index contributed by atoms with van der Waals surface area (Å²) < 4.78 is 1.10. The van der Waals surface area contributed by atoms with Crippen molar-refractivity contribution in [1.82, 2.24) is 0 Å². The summed E-state index contributed by atoms with van der Waals surface area (Å²) in [5.74, 6) is 0. The van der Waals surface area contributed by atoms with Crippen LogP contribution in [0.2, 0.25) is 0 Å². The summed E-state index contributed by atoms with van der Waals surface area (Å²) in [5.41, 5.74) is 6.82. The van der Waals surface area contributed by atoms with Gasteiger partial charge in [-0.15, -0.1) is 11.3 Å². The van der Waals surface area contributed by atoms with E-state index in [2.05, 4.69) is 15.9 Å². The van der Waals surface area contributed by atoms with Crippen LogP contribution in [0, 0.1) is 0 Å². The molecule has 0 radical (unpaired) electrons. The van der Waals surface area contributed by atoms with Crippen LogP contribution < -0.4 is 5.73 Å². The third kappa shape index (κ3) is 1.56. The van der Waals surface area contributed by atoms with Crippen molar-refractivity contribution in [1.29, 1.82) is 0 Å². The maximum atomic E-state index is 9.62. The van der Waals surface area contributed by atoms with Crippen molar-refractivity contribution in [3.8, 4) is 0 Å². The average Bonchev–Trinajstić information content (AvgIpc) is 2.68. The fraction of sp³-hybridized carbons (Fsp3) is 0.556. The van der Waals surface area contributed by atoms with Gasteiger partial charge in [-0.2, -0.15) is 0 Å². The molecule has 0 amide bonds. The van der Waals surface area contributed by atoms with E-state index in [1.54, 1.807) is 11.3 Å². The zero-order chi connectivity index (χ0) is 9.42. The lowest BCUT2D eigenvalue weighted by Gasteiger charge is -2.05. The van der Waals surface area contributed by atoms with Gasteiger partial charge >= 0.3 is 0 Å². The van der Waals surface area contributed by atoms with Gasteiger partial charge in [-0.3, -0.25) is 0 Å². The predicted molar refractivity (Wildman–Crippen MR) is 58.1 cm³/mol. The molecule has 1 aromatic heterocycles. The first-order valence-electron chi connectivity index (χ1n) is 4.42. The Morgan fingerprint density at radius 1 is 1.54 bits per heavy atom. The van der Waals surface area contributed by atoms with Crippen LogP contribution in [0.3, 0.4) is 0 Å². The highest BCUT2D eigenvalue weighted by Gasteiger charge is 2.23. The molecule has 0 aromatic carbocycles. The van der Waals surface area contributed by atoms with Gasteiger partial charge < -0.3 is 10.8 Å². The summed E-state index contributed by atoms with van der Waals surface area (Å²) in [7, 11) is 0. The molecule has 1 heterocycles. The average molecular weight is 262 g/mol. The maximum absolute atomic E-state index is 9.62. The molecule has 1 aliphatic rings. The van der Waals surface area contributed by atoms with Crippen molar-refractivity contribution in [3.63, 3.8) is 0 Å². The van der Waals surface area contributed by atoms with Crippen molar-refractivity contribution in [3.05, 3.63) is 19.8 Å². The van der Waals surface area contributed by atoms with Crippen LogP contribution >= 0.6 is 27.3 Å². The SMILES string of the molecule is NCC(O)c1sc2c(c1Br)CCC2. The number of thiophene rings is 1. The standard InChI is InChI=1S/C9H12BrNOS/c10-8-5-2-1-3-7(5)13-9(8)6(12)4-11/h6,12H,1-4,11H2. The molecule has 0 spiro atoms. The monoisotopic (exact) mass is 261 g/mol. The van der Waals surface area contributed by atoms with Gasteiger partial charge in [0.15, 0.2) is 0 Å². The first-order valence-corrected chi connectivity index (χ1v) is 6.03. The zero-order valence-electron chi connectivity index (χ0n) is 7.22. The number of rotatable bonds is 2. The lowest BCUT2D eigenvalue weighted by Crippen LogP contribution is -2.10. The number of fused-ring (bicyclic) bond motifs is 1. The second kappa shape index (κ2) is 3.69. The van der Waals surface area contributed by atoms with Crippen LogP contribution in [0.25, 0.3) is 0 Å². The molecule has 2 nitrogen and oxygen atoms in total. The van der Waals surface area contributed by atoms with Gasteiger partial charge in [0.1, 0.15) is 6.10 Å². The van der Waals surface area contributed by atoms with E-state index in [1.807, 2.05) is 0 Å². The van der Waals surface area contributed by atoms with Crippen LogP contribution in [-0.4, -0.2) is 11.7 Å². The van der Waals surface area contributed by atoms with Gasteiger partial charge in [0.2, 0.25) is 0 Å². The molecule has 0 fully saturated rings. The Bertz CT molecular complexity index is 324. The molecule has 13 heavy (non-hydrogen) atoms. The molecule has 0 aliphatic heterocycles. The largest absolute Gasteiger partial charge is 0.386 e. The Balaban J connectivity index is 2.38. The Labute approximate surface area is 89.9 Å². The zero-order valence-corrected chi connectivity index (χ0v) is 9.62. The highest BCUT2D eigenvalue weighted by atomic mass is 79.9. The number of nitrogens with two attached hydrogens (primary N) is 1. The van der Waals surface area contributed by atoms with E-state index < -0.39 is 6.10 Å². The van der Waals surface area contributed by atoms with E-state index in [0.29, 0.717) is 6.54 Å². The lowest BCUT2D eigenvalue weighted by molar-refractivity contribution is 0.190. The first-order chi connectivity index (χ1) is 6.24. The van der Waals surface area contributed by atoms with E-state index in [-0.39, 0.29) is 0 Å². The van der Waals surface area contributed by atoms with Crippen LogP contribution in [-0.2, 0) is 12.8 Å². The molecule has 4 heteroatoms. The second-order valence-electron chi connectivity index (χ2n) is 3.29. The fourth-order valence-electron chi connectivity index (χ4n) is 1.71. The van der Waals surface area contributed by atoms with E-state index in [1.165, 1.54) is 16.9 Å².